The van der Waals surface area contributed by atoms with Crippen molar-refractivity contribution in [3.8, 4) is 0 Å². The molecule has 0 aromatic carbocycles. The summed E-state index contributed by atoms with van der Waals surface area (Å²) in [6, 6.07) is 0. The van der Waals surface area contributed by atoms with Gasteiger partial charge < -0.3 is 9.64 Å². The minimum absolute atomic E-state index is 0.106. The summed E-state index contributed by atoms with van der Waals surface area (Å²) in [4.78, 5) is 23.8. The number of ketones is 1. The van der Waals surface area contributed by atoms with Gasteiger partial charge in [0.25, 0.3) is 0 Å². The van der Waals surface area contributed by atoms with Crippen LogP contribution in [0.15, 0.2) is 0 Å². The second-order valence-electron chi connectivity index (χ2n) is 3.48. The van der Waals surface area contributed by atoms with Crippen LogP contribution >= 0.6 is 0 Å². The standard InChI is InChI=1S/C11H21NO3/c1-4-12(5-2)7-6-8-15-11(14)9-10(3)13/h4-9H2,1-3H3. The molecule has 0 aliphatic carbocycles. The lowest BCUT2D eigenvalue weighted by Gasteiger charge is -2.17. The van der Waals surface area contributed by atoms with Crippen molar-refractivity contribution in [3.63, 3.8) is 0 Å². The highest BCUT2D eigenvalue weighted by Crippen LogP contribution is 1.94. The first-order chi connectivity index (χ1) is 7.10. The molecule has 88 valence electrons. The maximum Gasteiger partial charge on any atom is 0.313 e. The van der Waals surface area contributed by atoms with Gasteiger partial charge in [-0.05, 0) is 26.4 Å². The van der Waals surface area contributed by atoms with Gasteiger partial charge in [0.1, 0.15) is 12.2 Å². The molecule has 0 heterocycles. The predicted molar refractivity (Wildman–Crippen MR) is 58.7 cm³/mol. The highest BCUT2D eigenvalue weighted by Gasteiger charge is 2.06. The Bertz CT molecular complexity index is 200. The van der Waals surface area contributed by atoms with Gasteiger partial charge in [0.05, 0.1) is 6.61 Å². The Hall–Kier alpha value is -0.900. The van der Waals surface area contributed by atoms with Crippen molar-refractivity contribution in [2.75, 3.05) is 26.2 Å². The number of ether oxygens (including phenoxy) is 1. The molecule has 0 atom stereocenters. The zero-order valence-corrected chi connectivity index (χ0v) is 9.91. The van der Waals surface area contributed by atoms with Gasteiger partial charge in [-0.25, -0.2) is 0 Å². The molecule has 15 heavy (non-hydrogen) atoms. The van der Waals surface area contributed by atoms with Gasteiger partial charge in [-0.3, -0.25) is 9.59 Å². The first kappa shape index (κ1) is 14.1. The van der Waals surface area contributed by atoms with E-state index < -0.39 is 5.97 Å². The van der Waals surface area contributed by atoms with Crippen molar-refractivity contribution in [3.05, 3.63) is 0 Å². The molecule has 0 amide bonds. The van der Waals surface area contributed by atoms with Gasteiger partial charge in [0, 0.05) is 6.54 Å². The minimum atomic E-state index is -0.415. The van der Waals surface area contributed by atoms with Crippen molar-refractivity contribution >= 4 is 11.8 Å². The van der Waals surface area contributed by atoms with Gasteiger partial charge in [0.2, 0.25) is 0 Å². The van der Waals surface area contributed by atoms with Gasteiger partial charge in [-0.1, -0.05) is 13.8 Å². The van der Waals surface area contributed by atoms with Crippen LogP contribution in [0.5, 0.6) is 0 Å². The zero-order chi connectivity index (χ0) is 11.7. The monoisotopic (exact) mass is 215 g/mol. The van der Waals surface area contributed by atoms with Crippen molar-refractivity contribution in [2.24, 2.45) is 0 Å². The number of hydrogen-bond acceptors (Lipinski definition) is 4. The Kier molecular flexibility index (Phi) is 7.91. The van der Waals surface area contributed by atoms with Crippen LogP contribution in [-0.2, 0) is 14.3 Å². The summed E-state index contributed by atoms with van der Waals surface area (Å²) in [5.74, 6) is -0.564. The van der Waals surface area contributed by atoms with Crippen LogP contribution in [0.25, 0.3) is 0 Å². The van der Waals surface area contributed by atoms with Crippen LogP contribution in [0.1, 0.15) is 33.6 Å². The summed E-state index contributed by atoms with van der Waals surface area (Å²) in [6.45, 7) is 8.95. The molecule has 0 bridgehead atoms. The van der Waals surface area contributed by atoms with Crippen molar-refractivity contribution in [1.29, 1.82) is 0 Å². The molecule has 0 aromatic rings. The van der Waals surface area contributed by atoms with E-state index in [4.69, 9.17) is 4.74 Å². The summed E-state index contributed by atoms with van der Waals surface area (Å²) >= 11 is 0. The number of carbonyl (C=O) groups excluding carboxylic acids is 2. The first-order valence-electron chi connectivity index (χ1n) is 5.47. The molecule has 4 heteroatoms. The van der Waals surface area contributed by atoms with E-state index in [-0.39, 0.29) is 12.2 Å². The molecule has 0 aromatic heterocycles. The molecule has 0 saturated heterocycles. The normalized spacial score (nSPS) is 10.4. The van der Waals surface area contributed by atoms with Crippen molar-refractivity contribution < 1.29 is 14.3 Å². The van der Waals surface area contributed by atoms with E-state index in [1.165, 1.54) is 6.92 Å². The lowest BCUT2D eigenvalue weighted by molar-refractivity contribution is -0.145. The third kappa shape index (κ3) is 8.12. The number of nitrogens with zero attached hydrogens (tertiary/aromatic N) is 1. The lowest BCUT2D eigenvalue weighted by atomic mass is 10.3. The molecule has 0 aliphatic rings. The summed E-state index contributed by atoms with van der Waals surface area (Å²) in [5, 5.41) is 0. The maximum absolute atomic E-state index is 11.0. The predicted octanol–water partition coefficient (Wildman–Crippen LogP) is 1.24. The highest BCUT2D eigenvalue weighted by atomic mass is 16.5. The van der Waals surface area contributed by atoms with E-state index in [1.54, 1.807) is 0 Å². The van der Waals surface area contributed by atoms with Gasteiger partial charge in [-0.15, -0.1) is 0 Å². The second kappa shape index (κ2) is 8.41. The number of carbonyl (C=O) groups is 2. The van der Waals surface area contributed by atoms with E-state index in [0.29, 0.717) is 6.61 Å². The summed E-state index contributed by atoms with van der Waals surface area (Å²) in [6.07, 6.45) is 0.719. The summed E-state index contributed by atoms with van der Waals surface area (Å²) in [7, 11) is 0. The van der Waals surface area contributed by atoms with E-state index in [0.717, 1.165) is 26.1 Å². The average Bonchev–Trinajstić information content (AvgIpc) is 2.17. The molecule has 4 nitrogen and oxygen atoms in total. The molecule has 0 saturated carbocycles. The van der Waals surface area contributed by atoms with Crippen LogP contribution in [0.4, 0.5) is 0 Å². The first-order valence-corrected chi connectivity index (χ1v) is 5.47. The lowest BCUT2D eigenvalue weighted by Crippen LogP contribution is -2.25. The molecular weight excluding hydrogens is 194 g/mol. The Morgan fingerprint density at radius 1 is 1.20 bits per heavy atom. The molecule has 0 radical (unpaired) electrons. The Morgan fingerprint density at radius 2 is 1.80 bits per heavy atom. The number of esters is 1. The van der Waals surface area contributed by atoms with Crippen LogP contribution in [0, 0.1) is 0 Å². The third-order valence-electron chi connectivity index (χ3n) is 2.17. The Labute approximate surface area is 91.6 Å². The molecule has 0 spiro atoms. The highest BCUT2D eigenvalue weighted by molar-refractivity contribution is 5.94. The van der Waals surface area contributed by atoms with Crippen molar-refractivity contribution in [1.82, 2.24) is 4.90 Å². The molecule has 0 unspecified atom stereocenters. The second-order valence-corrected chi connectivity index (χ2v) is 3.48. The number of rotatable bonds is 8. The Balaban J connectivity index is 3.45. The van der Waals surface area contributed by atoms with E-state index in [2.05, 4.69) is 18.7 Å². The van der Waals surface area contributed by atoms with Crippen LogP contribution < -0.4 is 0 Å². The average molecular weight is 215 g/mol. The fourth-order valence-electron chi connectivity index (χ4n) is 1.27. The molecule has 0 fully saturated rings. The molecular formula is C11H21NO3. The fraction of sp³-hybridized carbons (Fsp3) is 0.818. The van der Waals surface area contributed by atoms with Gasteiger partial charge in [-0.2, -0.15) is 0 Å². The summed E-state index contributed by atoms with van der Waals surface area (Å²) < 4.78 is 4.91. The quantitative estimate of drug-likeness (QED) is 0.347. The van der Waals surface area contributed by atoms with Crippen LogP contribution in [-0.4, -0.2) is 42.9 Å². The SMILES string of the molecule is CCN(CC)CCCOC(=O)CC(C)=O. The largest absolute Gasteiger partial charge is 0.465 e. The van der Waals surface area contributed by atoms with E-state index >= 15 is 0 Å². The minimum Gasteiger partial charge on any atom is -0.465 e. The molecule has 0 N–H and O–H groups in total. The zero-order valence-electron chi connectivity index (χ0n) is 9.91. The Morgan fingerprint density at radius 3 is 2.27 bits per heavy atom. The van der Waals surface area contributed by atoms with E-state index in [1.807, 2.05) is 0 Å². The smallest absolute Gasteiger partial charge is 0.313 e. The van der Waals surface area contributed by atoms with Gasteiger partial charge >= 0.3 is 5.97 Å². The topological polar surface area (TPSA) is 46.6 Å². The van der Waals surface area contributed by atoms with Crippen LogP contribution in [0.3, 0.4) is 0 Å². The molecule has 0 aliphatic heterocycles. The van der Waals surface area contributed by atoms with E-state index in [9.17, 15) is 9.59 Å². The number of hydrogen-bond donors (Lipinski definition) is 0. The summed E-state index contributed by atoms with van der Waals surface area (Å²) in [5.41, 5.74) is 0. The maximum atomic E-state index is 11.0. The van der Waals surface area contributed by atoms with Crippen LogP contribution in [0.2, 0.25) is 0 Å². The fourth-order valence-corrected chi connectivity index (χ4v) is 1.27. The number of Topliss-reactive ketones (excluding diaryl/α,β-unsaturated/α-hetero) is 1. The van der Waals surface area contributed by atoms with Gasteiger partial charge in [0.15, 0.2) is 0 Å². The van der Waals surface area contributed by atoms with Crippen molar-refractivity contribution in [2.45, 2.75) is 33.6 Å². The third-order valence-corrected chi connectivity index (χ3v) is 2.17. The molecule has 0 rings (SSSR count).